The molecule has 1 heterocycles. The Balaban J connectivity index is 1.56. The maximum atomic E-state index is 12.5. The van der Waals surface area contributed by atoms with Crippen LogP contribution in [-0.4, -0.2) is 27.8 Å². The largest absolute Gasteiger partial charge is 0.497 e. The van der Waals surface area contributed by atoms with Crippen LogP contribution in [0.25, 0.3) is 5.69 Å². The first kappa shape index (κ1) is 23.9. The number of carbonyl (C=O) groups is 1. The van der Waals surface area contributed by atoms with Gasteiger partial charge in [0.1, 0.15) is 5.75 Å². The lowest BCUT2D eigenvalue weighted by Crippen LogP contribution is -2.26. The summed E-state index contributed by atoms with van der Waals surface area (Å²) < 4.78 is 7.30. The van der Waals surface area contributed by atoms with Gasteiger partial charge in [0.2, 0.25) is 5.91 Å². The lowest BCUT2D eigenvalue weighted by molar-refractivity contribution is -0.120. The molecule has 1 aromatic heterocycles. The van der Waals surface area contributed by atoms with Gasteiger partial charge < -0.3 is 10.1 Å². The fourth-order valence-corrected chi connectivity index (χ4v) is 4.58. The molecule has 4 aromatic rings. The number of carbonyl (C=O) groups excluding carboxylic acids is 1. The first-order chi connectivity index (χ1) is 16.5. The van der Waals surface area contributed by atoms with Crippen LogP contribution >= 0.6 is 23.4 Å². The summed E-state index contributed by atoms with van der Waals surface area (Å²) in [7, 11) is 1.66. The molecule has 1 amide bonds. The number of rotatable bonds is 9. The van der Waals surface area contributed by atoms with Crippen molar-refractivity contribution in [2.45, 2.75) is 30.8 Å². The Bertz CT molecular complexity index is 1280. The monoisotopic (exact) mass is 492 g/mol. The van der Waals surface area contributed by atoms with Crippen molar-refractivity contribution in [1.82, 2.24) is 20.1 Å². The third-order valence-corrected chi connectivity index (χ3v) is 6.50. The number of thioether (sulfide) groups is 1. The summed E-state index contributed by atoms with van der Waals surface area (Å²) >= 11 is 7.88. The predicted octanol–water partition coefficient (Wildman–Crippen LogP) is 5.39. The lowest BCUT2D eigenvalue weighted by Gasteiger charge is -2.14. The minimum atomic E-state index is -0.0749. The number of ether oxygens (including phenoxy) is 1. The van der Waals surface area contributed by atoms with Crippen molar-refractivity contribution in [1.29, 1.82) is 0 Å². The number of hydrogen-bond donors (Lipinski definition) is 1. The number of benzene rings is 3. The van der Waals surface area contributed by atoms with E-state index in [0.717, 1.165) is 33.3 Å². The molecular weight excluding hydrogens is 468 g/mol. The van der Waals surface area contributed by atoms with Gasteiger partial charge in [-0.05, 0) is 47.9 Å². The quantitative estimate of drug-likeness (QED) is 0.317. The van der Waals surface area contributed by atoms with Crippen molar-refractivity contribution in [3.05, 3.63) is 100 Å². The average molecular weight is 493 g/mol. The molecule has 0 bridgehead atoms. The van der Waals surface area contributed by atoms with Gasteiger partial charge >= 0.3 is 0 Å². The third-order valence-electron chi connectivity index (χ3n) is 5.27. The molecule has 0 radical (unpaired) electrons. The van der Waals surface area contributed by atoms with Crippen molar-refractivity contribution in [3.8, 4) is 11.4 Å². The van der Waals surface area contributed by atoms with Crippen LogP contribution in [0.2, 0.25) is 5.02 Å². The van der Waals surface area contributed by atoms with Crippen LogP contribution in [0.5, 0.6) is 5.75 Å². The number of halogens is 1. The SMILES string of the molecule is COc1cccc(CSc2nnc(CNC(=O)Cc3ccccc3)n2-c2cc(Cl)ccc2C)c1. The molecule has 174 valence electrons. The number of amides is 1. The number of methoxy groups -OCH3 is 1. The van der Waals surface area contributed by atoms with Gasteiger partial charge in [-0.25, -0.2) is 0 Å². The van der Waals surface area contributed by atoms with E-state index in [-0.39, 0.29) is 12.5 Å². The van der Waals surface area contributed by atoms with Crippen molar-refractivity contribution in [3.63, 3.8) is 0 Å². The Kier molecular flexibility index (Phi) is 7.87. The van der Waals surface area contributed by atoms with E-state index >= 15 is 0 Å². The number of hydrogen-bond acceptors (Lipinski definition) is 5. The second kappa shape index (κ2) is 11.2. The molecule has 0 aliphatic carbocycles. The molecule has 34 heavy (non-hydrogen) atoms. The molecule has 8 heteroatoms. The zero-order valence-corrected chi connectivity index (χ0v) is 20.6. The number of aromatic nitrogens is 3. The van der Waals surface area contributed by atoms with E-state index in [2.05, 4.69) is 15.5 Å². The van der Waals surface area contributed by atoms with Gasteiger partial charge in [0.25, 0.3) is 0 Å². The van der Waals surface area contributed by atoms with Gasteiger partial charge in [-0.2, -0.15) is 0 Å². The van der Waals surface area contributed by atoms with E-state index in [4.69, 9.17) is 16.3 Å². The van der Waals surface area contributed by atoms with E-state index in [0.29, 0.717) is 23.0 Å². The molecule has 0 atom stereocenters. The van der Waals surface area contributed by atoms with Gasteiger partial charge in [0.05, 0.1) is 25.8 Å². The van der Waals surface area contributed by atoms with Crippen LogP contribution in [0, 0.1) is 6.92 Å². The Morgan fingerprint density at radius 1 is 1.03 bits per heavy atom. The second-order valence-corrected chi connectivity index (χ2v) is 9.12. The smallest absolute Gasteiger partial charge is 0.224 e. The highest BCUT2D eigenvalue weighted by Gasteiger charge is 2.17. The molecule has 0 aliphatic heterocycles. The zero-order chi connectivity index (χ0) is 23.9. The molecule has 0 unspecified atom stereocenters. The molecular formula is C26H25ClN4O2S. The molecule has 0 aliphatic rings. The number of aryl methyl sites for hydroxylation is 1. The normalized spacial score (nSPS) is 10.8. The van der Waals surface area contributed by atoms with Crippen LogP contribution in [0.15, 0.2) is 78.0 Å². The first-order valence-electron chi connectivity index (χ1n) is 10.8. The molecule has 0 saturated heterocycles. The topological polar surface area (TPSA) is 69.0 Å². The van der Waals surface area contributed by atoms with Crippen LogP contribution in [0.1, 0.15) is 22.5 Å². The summed E-state index contributed by atoms with van der Waals surface area (Å²) in [6.07, 6.45) is 0.308. The summed E-state index contributed by atoms with van der Waals surface area (Å²) in [5.74, 6) is 2.07. The Labute approximate surface area is 208 Å². The predicted molar refractivity (Wildman–Crippen MR) is 136 cm³/mol. The van der Waals surface area contributed by atoms with Gasteiger partial charge in [0, 0.05) is 10.8 Å². The maximum absolute atomic E-state index is 12.5. The van der Waals surface area contributed by atoms with Crippen molar-refractivity contribution in [2.75, 3.05) is 7.11 Å². The van der Waals surface area contributed by atoms with Crippen molar-refractivity contribution < 1.29 is 9.53 Å². The standard InChI is InChI=1S/C26H25ClN4O2S/c1-18-11-12-21(27)15-23(18)31-24(16-28-25(32)14-19-7-4-3-5-8-19)29-30-26(31)34-17-20-9-6-10-22(13-20)33-2/h3-13,15H,14,16-17H2,1-2H3,(H,28,32). The molecule has 0 saturated carbocycles. The van der Waals surface area contributed by atoms with E-state index in [1.807, 2.05) is 84.3 Å². The molecule has 1 N–H and O–H groups in total. The summed E-state index contributed by atoms with van der Waals surface area (Å²) in [4.78, 5) is 12.5. The second-order valence-electron chi connectivity index (χ2n) is 7.74. The van der Waals surface area contributed by atoms with E-state index in [1.54, 1.807) is 18.9 Å². The highest BCUT2D eigenvalue weighted by Crippen LogP contribution is 2.29. The van der Waals surface area contributed by atoms with E-state index < -0.39 is 0 Å². The molecule has 0 spiro atoms. The van der Waals surface area contributed by atoms with Gasteiger partial charge in [0.15, 0.2) is 11.0 Å². The zero-order valence-electron chi connectivity index (χ0n) is 19.0. The first-order valence-corrected chi connectivity index (χ1v) is 12.2. The van der Waals surface area contributed by atoms with Crippen LogP contribution in [0.3, 0.4) is 0 Å². The van der Waals surface area contributed by atoms with Crippen LogP contribution in [-0.2, 0) is 23.5 Å². The molecule has 4 rings (SSSR count). The van der Waals surface area contributed by atoms with Crippen molar-refractivity contribution in [2.24, 2.45) is 0 Å². The highest BCUT2D eigenvalue weighted by molar-refractivity contribution is 7.98. The van der Waals surface area contributed by atoms with Crippen LogP contribution < -0.4 is 10.1 Å². The lowest BCUT2D eigenvalue weighted by atomic mass is 10.1. The number of nitrogens with one attached hydrogen (secondary N) is 1. The van der Waals surface area contributed by atoms with Crippen LogP contribution in [0.4, 0.5) is 0 Å². The fourth-order valence-electron chi connectivity index (χ4n) is 3.51. The average Bonchev–Trinajstić information content (AvgIpc) is 3.26. The summed E-state index contributed by atoms with van der Waals surface area (Å²) in [6.45, 7) is 2.27. The minimum Gasteiger partial charge on any atom is -0.497 e. The fraction of sp³-hybridized carbons (Fsp3) is 0.192. The van der Waals surface area contributed by atoms with Gasteiger partial charge in [-0.15, -0.1) is 10.2 Å². The highest BCUT2D eigenvalue weighted by atomic mass is 35.5. The van der Waals surface area contributed by atoms with Gasteiger partial charge in [-0.1, -0.05) is 71.9 Å². The Morgan fingerprint density at radius 3 is 2.62 bits per heavy atom. The van der Waals surface area contributed by atoms with Gasteiger partial charge in [-0.3, -0.25) is 9.36 Å². The Morgan fingerprint density at radius 2 is 1.82 bits per heavy atom. The van der Waals surface area contributed by atoms with E-state index in [1.165, 1.54) is 0 Å². The van der Waals surface area contributed by atoms with E-state index in [9.17, 15) is 4.79 Å². The number of nitrogens with zero attached hydrogens (tertiary/aromatic N) is 3. The van der Waals surface area contributed by atoms with Crippen molar-refractivity contribution >= 4 is 29.3 Å². The Hall–Kier alpha value is -3.29. The maximum Gasteiger partial charge on any atom is 0.224 e. The molecule has 3 aromatic carbocycles. The molecule has 0 fully saturated rings. The summed E-state index contributed by atoms with van der Waals surface area (Å²) in [5.41, 5.74) is 3.99. The molecule has 6 nitrogen and oxygen atoms in total. The third kappa shape index (κ3) is 5.98. The minimum absolute atomic E-state index is 0.0749. The summed E-state index contributed by atoms with van der Waals surface area (Å²) in [6, 6.07) is 23.3. The summed E-state index contributed by atoms with van der Waals surface area (Å²) in [5, 5.41) is 13.1.